The molecule has 0 radical (unpaired) electrons. The highest BCUT2D eigenvalue weighted by Gasteiger charge is 2.05. The Labute approximate surface area is 129 Å². The van der Waals surface area contributed by atoms with E-state index < -0.39 is 0 Å². The number of hydrogen-bond donors (Lipinski definition) is 1. The van der Waals surface area contributed by atoms with Crippen molar-refractivity contribution in [3.63, 3.8) is 0 Å². The van der Waals surface area contributed by atoms with Gasteiger partial charge < -0.3 is 10.2 Å². The molecule has 2 rings (SSSR count). The van der Waals surface area contributed by atoms with Gasteiger partial charge in [-0.3, -0.25) is 4.98 Å². The smallest absolute Gasteiger partial charge is 0.173 e. The van der Waals surface area contributed by atoms with Crippen molar-refractivity contribution < 1.29 is 0 Å². The summed E-state index contributed by atoms with van der Waals surface area (Å²) in [4.78, 5) is 6.30. The van der Waals surface area contributed by atoms with Crippen LogP contribution in [0, 0.1) is 0 Å². The molecule has 0 aliphatic rings. The molecular weight excluding hydrogens is 290 g/mol. The first-order chi connectivity index (χ1) is 9.65. The van der Waals surface area contributed by atoms with Crippen molar-refractivity contribution in [3.05, 3.63) is 59.4 Å². The molecule has 0 atom stereocenters. The lowest BCUT2D eigenvalue weighted by Crippen LogP contribution is -2.32. The zero-order valence-corrected chi connectivity index (χ0v) is 12.8. The van der Waals surface area contributed by atoms with Gasteiger partial charge in [0.1, 0.15) is 0 Å². The molecule has 0 bridgehead atoms. The normalized spacial score (nSPS) is 10.1. The fourth-order valence-electron chi connectivity index (χ4n) is 1.68. The lowest BCUT2D eigenvalue weighted by atomic mass is 10.2. The van der Waals surface area contributed by atoms with Crippen LogP contribution in [0.4, 0.5) is 5.69 Å². The summed E-state index contributed by atoms with van der Waals surface area (Å²) in [5.74, 6) is 0. The summed E-state index contributed by atoms with van der Waals surface area (Å²) in [5, 5.41) is 4.58. The zero-order valence-electron chi connectivity index (χ0n) is 11.2. The molecular formula is C15H16ClN3S. The summed E-state index contributed by atoms with van der Waals surface area (Å²) in [6.07, 6.45) is 2.67. The maximum Gasteiger partial charge on any atom is 0.173 e. The van der Waals surface area contributed by atoms with E-state index in [-0.39, 0.29) is 0 Å². The predicted molar refractivity (Wildman–Crippen MR) is 88.2 cm³/mol. The number of pyridine rings is 1. The first kappa shape index (κ1) is 14.8. The van der Waals surface area contributed by atoms with Gasteiger partial charge in [-0.25, -0.2) is 0 Å². The molecule has 2 aromatic rings. The Balaban J connectivity index is 1.84. The van der Waals surface area contributed by atoms with Gasteiger partial charge >= 0.3 is 0 Å². The highest BCUT2D eigenvalue weighted by Crippen LogP contribution is 2.13. The molecule has 5 heteroatoms. The SMILES string of the molecule is CN(CCc1ccccn1)C(=S)Nc1ccc(Cl)cc1. The van der Waals surface area contributed by atoms with E-state index in [9.17, 15) is 0 Å². The van der Waals surface area contributed by atoms with Crippen LogP contribution >= 0.6 is 23.8 Å². The topological polar surface area (TPSA) is 28.2 Å². The number of hydrogen-bond acceptors (Lipinski definition) is 2. The Morgan fingerprint density at radius 1 is 1.25 bits per heavy atom. The molecule has 0 fully saturated rings. The average Bonchev–Trinajstić information content (AvgIpc) is 2.48. The number of rotatable bonds is 4. The van der Waals surface area contributed by atoms with Crippen LogP contribution in [0.25, 0.3) is 0 Å². The minimum Gasteiger partial charge on any atom is -0.352 e. The molecule has 1 heterocycles. The van der Waals surface area contributed by atoms with Crippen molar-refractivity contribution in [1.29, 1.82) is 0 Å². The van der Waals surface area contributed by atoms with Gasteiger partial charge in [-0.2, -0.15) is 0 Å². The second-order valence-corrected chi connectivity index (χ2v) is 5.25. The summed E-state index contributed by atoms with van der Waals surface area (Å²) in [6.45, 7) is 0.816. The van der Waals surface area contributed by atoms with Crippen LogP contribution < -0.4 is 5.32 Å². The van der Waals surface area contributed by atoms with Crippen molar-refractivity contribution >= 4 is 34.6 Å². The van der Waals surface area contributed by atoms with Gasteiger partial charge in [-0.05, 0) is 48.6 Å². The summed E-state index contributed by atoms with van der Waals surface area (Å²) in [6, 6.07) is 13.4. The van der Waals surface area contributed by atoms with Gasteiger partial charge in [0.05, 0.1) is 0 Å². The van der Waals surface area contributed by atoms with Crippen molar-refractivity contribution in [1.82, 2.24) is 9.88 Å². The lowest BCUT2D eigenvalue weighted by Gasteiger charge is -2.20. The van der Waals surface area contributed by atoms with Crippen molar-refractivity contribution in [2.45, 2.75) is 6.42 Å². The van der Waals surface area contributed by atoms with Crippen LogP contribution in [0.15, 0.2) is 48.7 Å². The van der Waals surface area contributed by atoms with Crippen molar-refractivity contribution in [2.75, 3.05) is 18.9 Å². The Kier molecular flexibility index (Phi) is 5.32. The number of nitrogens with zero attached hydrogens (tertiary/aromatic N) is 2. The van der Waals surface area contributed by atoms with Crippen LogP contribution in [0.3, 0.4) is 0 Å². The standard InChI is InChI=1S/C15H16ClN3S/c1-19(11-9-13-4-2-3-10-17-13)15(20)18-14-7-5-12(16)6-8-14/h2-8,10H,9,11H2,1H3,(H,18,20). The van der Waals surface area contributed by atoms with E-state index in [0.29, 0.717) is 10.1 Å². The molecule has 0 amide bonds. The number of halogens is 1. The minimum absolute atomic E-state index is 0.684. The highest BCUT2D eigenvalue weighted by atomic mass is 35.5. The number of nitrogens with one attached hydrogen (secondary N) is 1. The maximum atomic E-state index is 5.85. The van der Waals surface area contributed by atoms with E-state index in [1.807, 2.05) is 54.4 Å². The van der Waals surface area contributed by atoms with Gasteiger partial charge in [0.2, 0.25) is 0 Å². The summed E-state index contributed by atoms with van der Waals surface area (Å²) in [7, 11) is 1.97. The molecule has 0 saturated carbocycles. The van der Waals surface area contributed by atoms with E-state index in [1.165, 1.54) is 0 Å². The number of benzene rings is 1. The van der Waals surface area contributed by atoms with Crippen molar-refractivity contribution in [2.24, 2.45) is 0 Å². The number of likely N-dealkylation sites (N-methyl/N-ethyl adjacent to an activating group) is 1. The fraction of sp³-hybridized carbons (Fsp3) is 0.200. The van der Waals surface area contributed by atoms with Crippen molar-refractivity contribution in [3.8, 4) is 0 Å². The third-order valence-corrected chi connectivity index (χ3v) is 3.54. The third kappa shape index (κ3) is 4.47. The zero-order chi connectivity index (χ0) is 14.4. The average molecular weight is 306 g/mol. The molecule has 0 aliphatic heterocycles. The van der Waals surface area contributed by atoms with Crippen LogP contribution in [0.2, 0.25) is 5.02 Å². The Hall–Kier alpha value is -1.65. The van der Waals surface area contributed by atoms with E-state index in [4.69, 9.17) is 23.8 Å². The lowest BCUT2D eigenvalue weighted by molar-refractivity contribution is 0.512. The van der Waals surface area contributed by atoms with E-state index in [2.05, 4.69) is 10.3 Å². The molecule has 3 nitrogen and oxygen atoms in total. The largest absolute Gasteiger partial charge is 0.352 e. The molecule has 1 N–H and O–H groups in total. The van der Waals surface area contributed by atoms with Gasteiger partial charge in [-0.15, -0.1) is 0 Å². The highest BCUT2D eigenvalue weighted by molar-refractivity contribution is 7.80. The predicted octanol–water partition coefficient (Wildman–Crippen LogP) is 3.61. The molecule has 1 aromatic heterocycles. The van der Waals surface area contributed by atoms with Gasteiger partial charge in [0.25, 0.3) is 0 Å². The molecule has 20 heavy (non-hydrogen) atoms. The molecule has 0 saturated heterocycles. The van der Waals surface area contributed by atoms with E-state index >= 15 is 0 Å². The monoisotopic (exact) mass is 305 g/mol. The van der Waals surface area contributed by atoms with Crippen LogP contribution in [0.5, 0.6) is 0 Å². The summed E-state index contributed by atoms with van der Waals surface area (Å²) in [5.41, 5.74) is 2.00. The summed E-state index contributed by atoms with van der Waals surface area (Å²) < 4.78 is 0. The molecule has 1 aromatic carbocycles. The molecule has 0 aliphatic carbocycles. The number of aromatic nitrogens is 1. The van der Waals surface area contributed by atoms with Gasteiger partial charge in [-0.1, -0.05) is 17.7 Å². The first-order valence-electron chi connectivity index (χ1n) is 6.33. The van der Waals surface area contributed by atoms with Crippen LogP contribution in [-0.4, -0.2) is 28.6 Å². The van der Waals surface area contributed by atoms with Gasteiger partial charge in [0.15, 0.2) is 5.11 Å². The van der Waals surface area contributed by atoms with Crippen LogP contribution in [0.1, 0.15) is 5.69 Å². The first-order valence-corrected chi connectivity index (χ1v) is 7.11. The Morgan fingerprint density at radius 2 is 2.00 bits per heavy atom. The third-order valence-electron chi connectivity index (χ3n) is 2.87. The van der Waals surface area contributed by atoms with E-state index in [0.717, 1.165) is 24.3 Å². The second kappa shape index (κ2) is 7.22. The Morgan fingerprint density at radius 3 is 2.65 bits per heavy atom. The molecule has 0 spiro atoms. The quantitative estimate of drug-likeness (QED) is 0.874. The maximum absolute atomic E-state index is 5.85. The van der Waals surface area contributed by atoms with E-state index in [1.54, 1.807) is 6.20 Å². The van der Waals surface area contributed by atoms with Crippen LogP contribution in [-0.2, 0) is 6.42 Å². The fourth-order valence-corrected chi connectivity index (χ4v) is 2.02. The number of thiocarbonyl (C=S) groups is 1. The van der Waals surface area contributed by atoms with Gasteiger partial charge in [0, 0.05) is 42.6 Å². The molecule has 104 valence electrons. The summed E-state index contributed by atoms with van der Waals surface area (Å²) >= 11 is 11.2. The minimum atomic E-state index is 0.684. The molecule has 0 unspecified atom stereocenters. The Bertz CT molecular complexity index is 557. The second-order valence-electron chi connectivity index (χ2n) is 4.43. The number of anilines is 1.